The molecule has 0 saturated carbocycles. The van der Waals surface area contributed by atoms with Crippen LogP contribution in [0.4, 0.5) is 0 Å². The number of allylic oxidation sites excluding steroid dienone is 2. The Balaban J connectivity index is 0.000000289. The van der Waals surface area contributed by atoms with Crippen molar-refractivity contribution in [1.29, 1.82) is 0 Å². The van der Waals surface area contributed by atoms with E-state index >= 15 is 0 Å². The summed E-state index contributed by atoms with van der Waals surface area (Å²) in [6.45, 7) is 23.5. The minimum absolute atomic E-state index is 0. The van der Waals surface area contributed by atoms with Crippen LogP contribution in [0.3, 0.4) is 0 Å². The molecule has 0 aliphatic carbocycles. The van der Waals surface area contributed by atoms with E-state index in [1.54, 1.807) is 0 Å². The van der Waals surface area contributed by atoms with Crippen molar-refractivity contribution in [2.75, 3.05) is 0 Å². The van der Waals surface area contributed by atoms with Crippen molar-refractivity contribution in [1.82, 2.24) is 4.98 Å². The first-order valence-electron chi connectivity index (χ1n) is 18.7. The Morgan fingerprint density at radius 1 is 0.865 bits per heavy atom. The molecule has 3 heterocycles. The van der Waals surface area contributed by atoms with Gasteiger partial charge in [-0.15, -0.1) is 51.8 Å². The fourth-order valence-electron chi connectivity index (χ4n) is 6.78. The number of hydrogen-bond acceptors (Lipinski definition) is 5. The van der Waals surface area contributed by atoms with E-state index in [9.17, 15) is 9.90 Å². The molecule has 0 aliphatic rings. The zero-order chi connectivity index (χ0) is 37.3. The summed E-state index contributed by atoms with van der Waals surface area (Å²) >= 11 is 3.76. The van der Waals surface area contributed by atoms with Gasteiger partial charge >= 0.3 is 0 Å². The van der Waals surface area contributed by atoms with Crippen LogP contribution in [-0.4, -0.2) is 15.9 Å². The van der Waals surface area contributed by atoms with E-state index in [0.717, 1.165) is 48.7 Å². The maximum atomic E-state index is 12.2. The van der Waals surface area contributed by atoms with E-state index in [0.29, 0.717) is 5.92 Å². The van der Waals surface area contributed by atoms with E-state index in [1.165, 1.54) is 52.8 Å². The third-order valence-electron chi connectivity index (χ3n) is 11.2. The third-order valence-corrected chi connectivity index (χ3v) is 13.5. The topological polar surface area (TPSA) is 50.2 Å². The molecule has 0 amide bonds. The van der Waals surface area contributed by atoms with Crippen LogP contribution < -0.4 is 0 Å². The standard InChI is InChI=1S/C31H28NS2.C15H28O2.Ir/c1-18(2)14-21-17-33-29-23(21)10-11-26-27(29)24-12-13-32-28(30(24)34-26)20-15-19-8-6-7-9-22(19)25(16-20)31(3,4)5;1-7-14(5,8-2)12(16)11-13(17)15(6,9-3)10-4;/h6-13,16-18H,14H2,1-5H3;11,16H,7-10H2,1-6H3;/q-1;;/b;12-11-;. The number of thiophene rings is 2. The van der Waals surface area contributed by atoms with Gasteiger partial charge in [-0.25, -0.2) is 0 Å². The molecule has 52 heavy (non-hydrogen) atoms. The Labute approximate surface area is 333 Å². The molecule has 3 aromatic carbocycles. The summed E-state index contributed by atoms with van der Waals surface area (Å²) in [4.78, 5) is 17.1. The number of rotatable bonds is 10. The summed E-state index contributed by atoms with van der Waals surface area (Å²) in [5.74, 6) is 0.942. The Kier molecular flexibility index (Phi) is 13.4. The van der Waals surface area contributed by atoms with E-state index in [2.05, 4.69) is 94.6 Å². The van der Waals surface area contributed by atoms with Crippen molar-refractivity contribution in [3.8, 4) is 11.3 Å². The molecule has 0 saturated heterocycles. The Hall–Kier alpha value is -2.89. The first-order valence-corrected chi connectivity index (χ1v) is 20.4. The Morgan fingerprint density at radius 2 is 1.52 bits per heavy atom. The molecule has 3 aromatic heterocycles. The fraction of sp³-hybridized carbons (Fsp3) is 0.435. The fourth-order valence-corrected chi connectivity index (χ4v) is 9.20. The second-order valence-electron chi connectivity index (χ2n) is 16.1. The van der Waals surface area contributed by atoms with E-state index in [-0.39, 0.29) is 47.9 Å². The van der Waals surface area contributed by atoms with Crippen molar-refractivity contribution in [3.63, 3.8) is 0 Å². The summed E-state index contributed by atoms with van der Waals surface area (Å²) < 4.78 is 4.01. The van der Waals surface area contributed by atoms with Crippen molar-refractivity contribution < 1.29 is 30.0 Å². The number of aliphatic hydroxyl groups is 1. The van der Waals surface area contributed by atoms with Crippen molar-refractivity contribution in [2.45, 2.75) is 114 Å². The van der Waals surface area contributed by atoms with Gasteiger partial charge in [0.1, 0.15) is 5.76 Å². The normalized spacial score (nSPS) is 12.8. The average Bonchev–Trinajstić information content (AvgIpc) is 3.70. The molecule has 6 rings (SSSR count). The van der Waals surface area contributed by atoms with Crippen LogP contribution in [0, 0.1) is 22.8 Å². The van der Waals surface area contributed by atoms with E-state index in [1.807, 2.05) is 70.4 Å². The molecule has 3 nitrogen and oxygen atoms in total. The van der Waals surface area contributed by atoms with Crippen LogP contribution in [0.1, 0.15) is 113 Å². The largest absolute Gasteiger partial charge is 0.512 e. The molecule has 0 aliphatic heterocycles. The van der Waals surface area contributed by atoms with Crippen LogP contribution in [0.5, 0.6) is 0 Å². The minimum Gasteiger partial charge on any atom is -0.512 e. The SMILES string of the molecule is CC(C)Cc1csc2c1ccc1sc3c(-c4[c-]c5ccccc5c(C(C)(C)C)c4)nccc3c12.CCC(C)(CC)C(=O)/C=C(\O)C(C)(CC)CC.[Ir]. The number of aromatic nitrogens is 1. The van der Waals surface area contributed by atoms with Gasteiger partial charge in [0, 0.05) is 68.4 Å². The molecule has 0 unspecified atom stereocenters. The van der Waals surface area contributed by atoms with Gasteiger partial charge in [-0.2, -0.15) is 0 Å². The summed E-state index contributed by atoms with van der Waals surface area (Å²) in [5.41, 5.74) is 4.38. The third kappa shape index (κ3) is 8.26. The summed E-state index contributed by atoms with van der Waals surface area (Å²) in [5, 5.41) is 19.0. The van der Waals surface area contributed by atoms with Crippen LogP contribution in [-0.2, 0) is 36.7 Å². The Bertz CT molecular complexity index is 2210. The van der Waals surface area contributed by atoms with E-state index < -0.39 is 0 Å². The summed E-state index contributed by atoms with van der Waals surface area (Å²) in [6, 6.07) is 21.5. The number of benzene rings is 3. The van der Waals surface area contributed by atoms with Crippen LogP contribution in [0.15, 0.2) is 71.9 Å². The molecular weight excluding hydrogens is 855 g/mol. The molecule has 0 bridgehead atoms. The predicted octanol–water partition coefficient (Wildman–Crippen LogP) is 14.4. The van der Waals surface area contributed by atoms with Gasteiger partial charge in [-0.1, -0.05) is 111 Å². The zero-order valence-electron chi connectivity index (χ0n) is 32.9. The number of ketones is 1. The van der Waals surface area contributed by atoms with Crippen LogP contribution >= 0.6 is 22.7 Å². The van der Waals surface area contributed by atoms with Crippen molar-refractivity contribution in [2.24, 2.45) is 16.7 Å². The van der Waals surface area contributed by atoms with Crippen LogP contribution in [0.25, 0.3) is 52.3 Å². The van der Waals surface area contributed by atoms with Crippen molar-refractivity contribution in [3.05, 3.63) is 89.1 Å². The molecule has 6 heteroatoms. The first kappa shape index (κ1) is 41.9. The van der Waals surface area contributed by atoms with Gasteiger partial charge in [0.15, 0.2) is 5.78 Å². The molecule has 279 valence electrons. The molecule has 0 spiro atoms. The zero-order valence-corrected chi connectivity index (χ0v) is 36.9. The Morgan fingerprint density at radius 3 is 2.13 bits per heavy atom. The minimum atomic E-state index is -0.337. The van der Waals surface area contributed by atoms with Gasteiger partial charge in [0.05, 0.1) is 0 Å². The maximum absolute atomic E-state index is 12.2. The summed E-state index contributed by atoms with van der Waals surface area (Å²) in [7, 11) is 0. The molecule has 0 atom stereocenters. The first-order chi connectivity index (χ1) is 24.1. The number of nitrogens with zero attached hydrogens (tertiary/aromatic N) is 1. The van der Waals surface area contributed by atoms with Gasteiger partial charge in [-0.05, 0) is 77.3 Å². The van der Waals surface area contributed by atoms with Crippen molar-refractivity contribution >= 4 is 69.5 Å². The molecule has 1 N–H and O–H groups in total. The number of fused-ring (bicyclic) bond motifs is 6. The smallest absolute Gasteiger partial charge is 0.164 e. The molecule has 1 radical (unpaired) electrons. The van der Waals surface area contributed by atoms with E-state index in [4.69, 9.17) is 4.98 Å². The number of hydrogen-bond donors (Lipinski definition) is 1. The monoisotopic (exact) mass is 911 g/mol. The number of pyridine rings is 1. The van der Waals surface area contributed by atoms with Crippen LogP contribution in [0.2, 0.25) is 0 Å². The van der Waals surface area contributed by atoms with Gasteiger partial charge in [-0.3, -0.25) is 9.78 Å². The molecular formula is C46H56IrNO2S2-. The maximum Gasteiger partial charge on any atom is 0.164 e. The van der Waals surface area contributed by atoms with Gasteiger partial charge < -0.3 is 5.11 Å². The molecule has 6 aromatic rings. The second-order valence-corrected chi connectivity index (χ2v) is 18.1. The predicted molar refractivity (Wildman–Crippen MR) is 225 cm³/mol. The number of carbonyl (C=O) groups is 1. The number of aliphatic hydroxyl groups excluding tert-OH is 1. The second kappa shape index (κ2) is 16.6. The van der Waals surface area contributed by atoms with Gasteiger partial charge in [0.2, 0.25) is 0 Å². The quantitative estimate of drug-likeness (QED) is 0.0846. The summed E-state index contributed by atoms with van der Waals surface area (Å²) in [6.07, 6.45) is 7.86. The average molecular weight is 911 g/mol. The number of carbonyl (C=O) groups excluding carboxylic acids is 1. The molecule has 0 fully saturated rings. The van der Waals surface area contributed by atoms with Gasteiger partial charge in [0.25, 0.3) is 0 Å².